The smallest absolute Gasteiger partial charge is 0.304 e. The second-order valence-corrected chi connectivity index (χ2v) is 6.00. The van der Waals surface area contributed by atoms with Crippen LogP contribution in [0.1, 0.15) is 37.2 Å². The Kier molecular flexibility index (Phi) is 3.68. The van der Waals surface area contributed by atoms with Crippen molar-refractivity contribution in [1.29, 1.82) is 0 Å². The van der Waals surface area contributed by atoms with Crippen LogP contribution in [0.25, 0.3) is 0 Å². The zero-order valence-electron chi connectivity index (χ0n) is 11.9. The molecule has 1 aliphatic heterocycles. The van der Waals surface area contributed by atoms with Crippen molar-refractivity contribution in [1.82, 2.24) is 0 Å². The van der Waals surface area contributed by atoms with Gasteiger partial charge >= 0.3 is 5.97 Å². The number of benzene rings is 1. The van der Waals surface area contributed by atoms with Crippen LogP contribution in [0.2, 0.25) is 0 Å². The number of carbonyl (C=O) groups is 2. The first kappa shape index (κ1) is 14.1. The fourth-order valence-corrected chi connectivity index (χ4v) is 3.59. The number of para-hydroxylation sites is 1. The molecule has 1 amide bonds. The number of aliphatic carboxylic acids is 1. The van der Waals surface area contributed by atoms with Gasteiger partial charge in [-0.05, 0) is 24.5 Å². The van der Waals surface area contributed by atoms with E-state index in [1.807, 2.05) is 24.3 Å². The van der Waals surface area contributed by atoms with E-state index in [0.29, 0.717) is 6.54 Å². The molecule has 1 aromatic carbocycles. The molecular weight excluding hydrogens is 268 g/mol. The molecule has 3 rings (SSSR count). The highest BCUT2D eigenvalue weighted by molar-refractivity contribution is 5.98. The van der Waals surface area contributed by atoms with Gasteiger partial charge in [0.15, 0.2) is 0 Å². The molecule has 0 spiro atoms. The normalized spacial score (nSPS) is 27.7. The van der Waals surface area contributed by atoms with Gasteiger partial charge in [0, 0.05) is 24.2 Å². The highest BCUT2D eigenvalue weighted by Gasteiger charge is 2.39. The van der Waals surface area contributed by atoms with E-state index in [1.54, 1.807) is 4.90 Å². The number of anilines is 1. The van der Waals surface area contributed by atoms with Gasteiger partial charge in [-0.3, -0.25) is 9.59 Å². The quantitative estimate of drug-likeness (QED) is 0.887. The molecule has 1 saturated carbocycles. The summed E-state index contributed by atoms with van der Waals surface area (Å²) in [6.07, 6.45) is 2.77. The third-order valence-electron chi connectivity index (χ3n) is 4.64. The first-order chi connectivity index (χ1) is 10.1. The molecule has 1 aromatic rings. The van der Waals surface area contributed by atoms with Gasteiger partial charge in [0.2, 0.25) is 5.91 Å². The summed E-state index contributed by atoms with van der Waals surface area (Å²) >= 11 is 0. The van der Waals surface area contributed by atoms with Crippen molar-refractivity contribution in [3.63, 3.8) is 0 Å². The maximum Gasteiger partial charge on any atom is 0.304 e. The van der Waals surface area contributed by atoms with Crippen LogP contribution in [0, 0.1) is 5.92 Å². The lowest BCUT2D eigenvalue weighted by molar-refractivity contribution is -0.137. The van der Waals surface area contributed by atoms with Crippen molar-refractivity contribution in [3.8, 4) is 0 Å². The van der Waals surface area contributed by atoms with Crippen LogP contribution in [-0.4, -0.2) is 29.6 Å². The molecule has 3 unspecified atom stereocenters. The number of hydrogen-bond acceptors (Lipinski definition) is 3. The molecular formula is C16H20N2O3. The predicted molar refractivity (Wildman–Crippen MR) is 79.1 cm³/mol. The largest absolute Gasteiger partial charge is 0.481 e. The first-order valence-corrected chi connectivity index (χ1v) is 7.45. The summed E-state index contributed by atoms with van der Waals surface area (Å²) in [6.45, 7) is 0.452. The molecule has 112 valence electrons. The standard InChI is InChI=1S/C16H20N2O3/c17-13-6-3-5-12(13)16(21)18-9-10(8-15(19)20)11-4-1-2-7-14(11)18/h1-2,4,7,10,12-13H,3,5-6,8-9,17H2,(H,19,20). The van der Waals surface area contributed by atoms with E-state index in [9.17, 15) is 9.59 Å². The maximum atomic E-state index is 12.8. The van der Waals surface area contributed by atoms with Gasteiger partial charge in [-0.1, -0.05) is 24.6 Å². The summed E-state index contributed by atoms with van der Waals surface area (Å²) < 4.78 is 0. The van der Waals surface area contributed by atoms with Gasteiger partial charge in [0.05, 0.1) is 12.3 Å². The number of rotatable bonds is 3. The Morgan fingerprint density at radius 2 is 2.05 bits per heavy atom. The van der Waals surface area contributed by atoms with Crippen LogP contribution in [0.3, 0.4) is 0 Å². The summed E-state index contributed by atoms with van der Waals surface area (Å²) in [7, 11) is 0. The van der Waals surface area contributed by atoms with Crippen LogP contribution in [0.15, 0.2) is 24.3 Å². The average Bonchev–Trinajstić information content (AvgIpc) is 3.02. The van der Waals surface area contributed by atoms with E-state index < -0.39 is 5.97 Å². The van der Waals surface area contributed by atoms with Gasteiger partial charge in [0.1, 0.15) is 0 Å². The predicted octanol–water partition coefficient (Wildman–Crippen LogP) is 1.72. The number of hydrogen-bond donors (Lipinski definition) is 2. The summed E-state index contributed by atoms with van der Waals surface area (Å²) in [5.41, 5.74) is 7.85. The molecule has 0 bridgehead atoms. The van der Waals surface area contributed by atoms with Crippen LogP contribution < -0.4 is 10.6 Å². The van der Waals surface area contributed by atoms with Crippen molar-refractivity contribution in [2.45, 2.75) is 37.6 Å². The van der Waals surface area contributed by atoms with Gasteiger partial charge in [-0.2, -0.15) is 0 Å². The van der Waals surface area contributed by atoms with Crippen molar-refractivity contribution < 1.29 is 14.7 Å². The molecule has 1 heterocycles. The lowest BCUT2D eigenvalue weighted by atomic mass is 9.98. The Labute approximate surface area is 123 Å². The molecule has 0 aromatic heterocycles. The maximum absolute atomic E-state index is 12.8. The zero-order valence-corrected chi connectivity index (χ0v) is 11.9. The number of carbonyl (C=O) groups excluding carboxylic acids is 1. The fourth-order valence-electron chi connectivity index (χ4n) is 3.59. The van der Waals surface area contributed by atoms with Crippen LogP contribution in [0.5, 0.6) is 0 Å². The van der Waals surface area contributed by atoms with E-state index >= 15 is 0 Å². The average molecular weight is 288 g/mol. The molecule has 21 heavy (non-hydrogen) atoms. The van der Waals surface area contributed by atoms with Gasteiger partial charge in [-0.25, -0.2) is 0 Å². The van der Waals surface area contributed by atoms with E-state index in [1.165, 1.54) is 0 Å². The second kappa shape index (κ2) is 5.48. The third kappa shape index (κ3) is 2.53. The Morgan fingerprint density at radius 3 is 2.71 bits per heavy atom. The molecule has 3 N–H and O–H groups in total. The van der Waals surface area contributed by atoms with E-state index in [0.717, 1.165) is 30.5 Å². The number of amides is 1. The second-order valence-electron chi connectivity index (χ2n) is 6.00. The zero-order chi connectivity index (χ0) is 15.0. The van der Waals surface area contributed by atoms with E-state index in [4.69, 9.17) is 10.8 Å². The number of nitrogens with zero attached hydrogens (tertiary/aromatic N) is 1. The van der Waals surface area contributed by atoms with Crippen molar-refractivity contribution in [3.05, 3.63) is 29.8 Å². The van der Waals surface area contributed by atoms with Crippen molar-refractivity contribution in [2.24, 2.45) is 11.7 Å². The van der Waals surface area contributed by atoms with E-state index in [2.05, 4.69) is 0 Å². The minimum absolute atomic E-state index is 0.0531. The van der Waals surface area contributed by atoms with Gasteiger partial charge in [0.25, 0.3) is 0 Å². The van der Waals surface area contributed by atoms with Crippen LogP contribution in [0.4, 0.5) is 5.69 Å². The van der Waals surface area contributed by atoms with Crippen LogP contribution in [-0.2, 0) is 9.59 Å². The highest BCUT2D eigenvalue weighted by atomic mass is 16.4. The Morgan fingerprint density at radius 1 is 1.29 bits per heavy atom. The molecule has 3 atom stereocenters. The third-order valence-corrected chi connectivity index (χ3v) is 4.64. The number of nitrogens with two attached hydrogens (primary N) is 1. The minimum atomic E-state index is -0.832. The number of carboxylic acid groups (broad SMARTS) is 1. The molecule has 5 nitrogen and oxygen atoms in total. The Balaban J connectivity index is 1.87. The SMILES string of the molecule is NC1CCCC1C(=O)N1CC(CC(=O)O)c2ccccc21. The molecule has 2 aliphatic rings. The Hall–Kier alpha value is -1.88. The molecule has 0 radical (unpaired) electrons. The summed E-state index contributed by atoms with van der Waals surface area (Å²) in [4.78, 5) is 25.5. The molecule has 1 aliphatic carbocycles. The molecule has 5 heteroatoms. The first-order valence-electron chi connectivity index (χ1n) is 7.45. The lowest BCUT2D eigenvalue weighted by Crippen LogP contribution is -2.41. The van der Waals surface area contributed by atoms with Gasteiger partial charge in [-0.15, -0.1) is 0 Å². The Bertz CT molecular complexity index is 572. The summed E-state index contributed by atoms with van der Waals surface area (Å²) in [5, 5.41) is 9.05. The number of carboxylic acids is 1. The molecule has 1 fully saturated rings. The monoisotopic (exact) mass is 288 g/mol. The summed E-state index contributed by atoms with van der Waals surface area (Å²) in [5.74, 6) is -1.02. The van der Waals surface area contributed by atoms with Crippen molar-refractivity contribution in [2.75, 3.05) is 11.4 Å². The van der Waals surface area contributed by atoms with Crippen molar-refractivity contribution >= 4 is 17.6 Å². The van der Waals surface area contributed by atoms with Crippen LogP contribution >= 0.6 is 0 Å². The summed E-state index contributed by atoms with van der Waals surface area (Å²) in [6, 6.07) is 7.53. The topological polar surface area (TPSA) is 83.6 Å². The van der Waals surface area contributed by atoms with Gasteiger partial charge < -0.3 is 15.7 Å². The highest BCUT2D eigenvalue weighted by Crippen LogP contribution is 2.40. The number of fused-ring (bicyclic) bond motifs is 1. The minimum Gasteiger partial charge on any atom is -0.481 e. The van der Waals surface area contributed by atoms with E-state index in [-0.39, 0.29) is 30.2 Å². The lowest BCUT2D eigenvalue weighted by Gasteiger charge is -2.24. The fraction of sp³-hybridized carbons (Fsp3) is 0.500. The molecule has 0 saturated heterocycles.